The van der Waals surface area contributed by atoms with E-state index in [2.05, 4.69) is 5.32 Å². The Kier molecular flexibility index (Phi) is 7.20. The highest BCUT2D eigenvalue weighted by Gasteiger charge is 2.22. The molecule has 0 bridgehead atoms. The topological polar surface area (TPSA) is 75.7 Å². The first kappa shape index (κ1) is 22.7. The lowest BCUT2D eigenvalue weighted by atomic mass is 10.1. The van der Waals surface area contributed by atoms with Crippen molar-refractivity contribution >= 4 is 33.2 Å². The van der Waals surface area contributed by atoms with Gasteiger partial charge in [-0.3, -0.25) is 9.10 Å². The molecular weight excluding hydrogens is 436 g/mol. The van der Waals surface area contributed by atoms with Gasteiger partial charge >= 0.3 is 0 Å². The molecule has 162 valence electrons. The highest BCUT2D eigenvalue weighted by atomic mass is 35.5. The zero-order valence-electron chi connectivity index (χ0n) is 17.2. The van der Waals surface area contributed by atoms with Gasteiger partial charge in [-0.05, 0) is 60.5 Å². The first-order valence-corrected chi connectivity index (χ1v) is 11.4. The van der Waals surface area contributed by atoms with Crippen LogP contribution in [0, 0.1) is 0 Å². The third-order valence-electron chi connectivity index (χ3n) is 4.78. The fourth-order valence-corrected chi connectivity index (χ4v) is 4.40. The Balaban J connectivity index is 1.68. The summed E-state index contributed by atoms with van der Waals surface area (Å²) >= 11 is 5.98. The monoisotopic (exact) mass is 458 g/mol. The minimum atomic E-state index is -3.85. The molecule has 0 aliphatic carbocycles. The molecule has 0 atom stereocenters. The summed E-state index contributed by atoms with van der Waals surface area (Å²) in [5.74, 6) is 0.435. The van der Waals surface area contributed by atoms with Crippen LogP contribution in [0.4, 0.5) is 5.69 Å². The summed E-state index contributed by atoms with van der Waals surface area (Å²) < 4.78 is 32.3. The number of rotatable bonds is 8. The summed E-state index contributed by atoms with van der Waals surface area (Å²) in [7, 11) is -0.798. The van der Waals surface area contributed by atoms with Crippen LogP contribution in [-0.4, -0.2) is 35.0 Å². The van der Waals surface area contributed by atoms with E-state index in [0.29, 0.717) is 23.7 Å². The number of halogens is 1. The van der Waals surface area contributed by atoms with Gasteiger partial charge in [-0.25, -0.2) is 8.42 Å². The van der Waals surface area contributed by atoms with Crippen LogP contribution in [0.1, 0.15) is 15.9 Å². The minimum Gasteiger partial charge on any atom is -0.497 e. The number of nitrogens with zero attached hydrogens (tertiary/aromatic N) is 1. The van der Waals surface area contributed by atoms with Crippen molar-refractivity contribution in [3.8, 4) is 5.75 Å². The van der Waals surface area contributed by atoms with Crippen molar-refractivity contribution in [3.05, 3.63) is 88.9 Å². The van der Waals surface area contributed by atoms with Crippen molar-refractivity contribution in [1.82, 2.24) is 5.32 Å². The molecule has 6 nitrogen and oxygen atoms in total. The standard InChI is InChI=1S/C23H23ClN2O4S/c1-26(20-7-4-6-19(24)16-20)31(28,29)22-8-3-5-18(15-22)23(27)25-14-13-17-9-11-21(30-2)12-10-17/h3-12,15-16H,13-14H2,1-2H3,(H,25,27). The van der Waals surface area contributed by atoms with Gasteiger partial charge in [0.05, 0.1) is 17.7 Å². The molecule has 1 N–H and O–H groups in total. The lowest BCUT2D eigenvalue weighted by molar-refractivity contribution is 0.0954. The van der Waals surface area contributed by atoms with Crippen LogP contribution in [-0.2, 0) is 16.4 Å². The zero-order valence-corrected chi connectivity index (χ0v) is 18.8. The molecule has 0 saturated heterocycles. The predicted octanol–water partition coefficient (Wildman–Crippen LogP) is 4.15. The maximum atomic E-state index is 13.0. The summed E-state index contributed by atoms with van der Waals surface area (Å²) in [5.41, 5.74) is 1.76. The third-order valence-corrected chi connectivity index (χ3v) is 6.80. The van der Waals surface area contributed by atoms with Gasteiger partial charge < -0.3 is 10.1 Å². The molecule has 0 unspecified atom stereocenters. The Morgan fingerprint density at radius 1 is 1.03 bits per heavy atom. The van der Waals surface area contributed by atoms with E-state index in [1.54, 1.807) is 43.5 Å². The number of ether oxygens (including phenoxy) is 1. The molecule has 0 spiro atoms. The van der Waals surface area contributed by atoms with E-state index < -0.39 is 10.0 Å². The first-order chi connectivity index (χ1) is 14.8. The second kappa shape index (κ2) is 9.85. The average molecular weight is 459 g/mol. The molecule has 3 rings (SSSR count). The van der Waals surface area contributed by atoms with Crippen molar-refractivity contribution < 1.29 is 17.9 Å². The second-order valence-corrected chi connectivity index (χ2v) is 9.24. The van der Waals surface area contributed by atoms with Crippen molar-refractivity contribution in [2.75, 3.05) is 25.0 Å². The number of hydrogen-bond donors (Lipinski definition) is 1. The largest absolute Gasteiger partial charge is 0.497 e. The van der Waals surface area contributed by atoms with Gasteiger partial charge in [0.1, 0.15) is 5.75 Å². The van der Waals surface area contributed by atoms with Gasteiger partial charge in [0.25, 0.3) is 15.9 Å². The quantitative estimate of drug-likeness (QED) is 0.550. The number of amides is 1. The van der Waals surface area contributed by atoms with Crippen LogP contribution in [0.25, 0.3) is 0 Å². The van der Waals surface area contributed by atoms with Crippen molar-refractivity contribution in [2.45, 2.75) is 11.3 Å². The number of nitrogens with one attached hydrogen (secondary N) is 1. The van der Waals surface area contributed by atoms with E-state index in [-0.39, 0.29) is 16.4 Å². The lowest BCUT2D eigenvalue weighted by Gasteiger charge is -2.20. The van der Waals surface area contributed by atoms with E-state index in [0.717, 1.165) is 15.6 Å². The summed E-state index contributed by atoms with van der Waals surface area (Å²) in [6, 6.07) is 20.1. The van der Waals surface area contributed by atoms with Crippen LogP contribution < -0.4 is 14.4 Å². The molecule has 3 aromatic carbocycles. The lowest BCUT2D eigenvalue weighted by Crippen LogP contribution is -2.28. The van der Waals surface area contributed by atoms with E-state index in [1.165, 1.54) is 19.2 Å². The van der Waals surface area contributed by atoms with Crippen molar-refractivity contribution in [3.63, 3.8) is 0 Å². The van der Waals surface area contributed by atoms with E-state index >= 15 is 0 Å². The number of carbonyl (C=O) groups is 1. The van der Waals surface area contributed by atoms with Crippen molar-refractivity contribution in [1.29, 1.82) is 0 Å². The fraction of sp³-hybridized carbons (Fsp3) is 0.174. The van der Waals surface area contributed by atoms with Gasteiger partial charge in [-0.2, -0.15) is 0 Å². The Morgan fingerprint density at radius 3 is 2.42 bits per heavy atom. The number of carbonyl (C=O) groups excluding carboxylic acids is 1. The van der Waals surface area contributed by atoms with Gasteiger partial charge in [0.2, 0.25) is 0 Å². The van der Waals surface area contributed by atoms with Crippen LogP contribution in [0.15, 0.2) is 77.7 Å². The number of benzene rings is 3. The molecule has 1 amide bonds. The van der Waals surface area contributed by atoms with Gasteiger partial charge in [0, 0.05) is 24.2 Å². The Morgan fingerprint density at radius 2 is 1.74 bits per heavy atom. The average Bonchev–Trinajstić information content (AvgIpc) is 2.79. The molecule has 0 fully saturated rings. The maximum Gasteiger partial charge on any atom is 0.264 e. The molecule has 31 heavy (non-hydrogen) atoms. The third kappa shape index (κ3) is 5.57. The van der Waals surface area contributed by atoms with Crippen molar-refractivity contribution in [2.24, 2.45) is 0 Å². The van der Waals surface area contributed by atoms with Crippen LogP contribution in [0.2, 0.25) is 5.02 Å². The zero-order chi connectivity index (χ0) is 22.4. The van der Waals surface area contributed by atoms with Crippen LogP contribution >= 0.6 is 11.6 Å². The molecule has 8 heteroatoms. The second-order valence-electron chi connectivity index (χ2n) is 6.83. The van der Waals surface area contributed by atoms with E-state index in [4.69, 9.17) is 16.3 Å². The summed E-state index contributed by atoms with van der Waals surface area (Å²) in [6.07, 6.45) is 0.644. The first-order valence-electron chi connectivity index (χ1n) is 9.57. The molecule has 3 aromatic rings. The Labute approximate surface area is 187 Å². The number of methoxy groups -OCH3 is 1. The number of sulfonamides is 1. The van der Waals surface area contributed by atoms with Crippen LogP contribution in [0.3, 0.4) is 0 Å². The summed E-state index contributed by atoms with van der Waals surface area (Å²) in [5, 5.41) is 3.26. The summed E-state index contributed by atoms with van der Waals surface area (Å²) in [6.45, 7) is 0.421. The molecule has 0 aromatic heterocycles. The smallest absolute Gasteiger partial charge is 0.264 e. The molecule has 0 saturated carbocycles. The number of hydrogen-bond acceptors (Lipinski definition) is 4. The fourth-order valence-electron chi connectivity index (χ4n) is 2.98. The number of anilines is 1. The SMILES string of the molecule is COc1ccc(CCNC(=O)c2cccc(S(=O)(=O)N(C)c3cccc(Cl)c3)c2)cc1. The Hall–Kier alpha value is -3.03. The molecule has 0 heterocycles. The Bertz CT molecular complexity index is 1160. The van der Waals surface area contributed by atoms with Gasteiger partial charge in [0.15, 0.2) is 0 Å². The highest BCUT2D eigenvalue weighted by molar-refractivity contribution is 7.92. The molecule has 0 aliphatic rings. The minimum absolute atomic E-state index is 0.0257. The normalized spacial score (nSPS) is 11.1. The molecular formula is C23H23ClN2O4S. The van der Waals surface area contributed by atoms with E-state index in [9.17, 15) is 13.2 Å². The molecule has 0 radical (unpaired) electrons. The highest BCUT2D eigenvalue weighted by Crippen LogP contribution is 2.25. The maximum absolute atomic E-state index is 13.0. The van der Waals surface area contributed by atoms with Gasteiger partial charge in [-0.1, -0.05) is 35.9 Å². The van der Waals surface area contributed by atoms with E-state index in [1.807, 2.05) is 24.3 Å². The molecule has 0 aliphatic heterocycles. The summed E-state index contributed by atoms with van der Waals surface area (Å²) in [4.78, 5) is 12.6. The van der Waals surface area contributed by atoms with Gasteiger partial charge in [-0.15, -0.1) is 0 Å². The van der Waals surface area contributed by atoms with Crippen LogP contribution in [0.5, 0.6) is 5.75 Å². The predicted molar refractivity (Wildman–Crippen MR) is 123 cm³/mol.